The minimum Gasteiger partial charge on any atom is -0.494 e. The van der Waals surface area contributed by atoms with E-state index in [1.165, 1.54) is 5.56 Å². The summed E-state index contributed by atoms with van der Waals surface area (Å²) in [5.74, 6) is 1.22. The van der Waals surface area contributed by atoms with E-state index < -0.39 is 0 Å². The molecule has 0 saturated heterocycles. The average Bonchev–Trinajstić information content (AvgIpc) is 2.92. The number of thiazole rings is 1. The highest BCUT2D eigenvalue weighted by Crippen LogP contribution is 2.23. The molecule has 0 aliphatic rings. The van der Waals surface area contributed by atoms with Crippen molar-refractivity contribution in [2.75, 3.05) is 13.2 Å². The van der Waals surface area contributed by atoms with Crippen molar-refractivity contribution in [1.82, 2.24) is 4.98 Å². The van der Waals surface area contributed by atoms with Crippen LogP contribution in [0.2, 0.25) is 0 Å². The van der Waals surface area contributed by atoms with Crippen LogP contribution in [0.5, 0.6) is 5.75 Å². The lowest BCUT2D eigenvalue weighted by Gasteiger charge is -2.12. The molecule has 1 atom stereocenters. The number of nitrogens with two attached hydrogens (primary N) is 1. The van der Waals surface area contributed by atoms with Crippen molar-refractivity contribution in [1.29, 1.82) is 0 Å². The number of benzene rings is 1. The van der Waals surface area contributed by atoms with Gasteiger partial charge in [-0.25, -0.2) is 4.98 Å². The van der Waals surface area contributed by atoms with Crippen molar-refractivity contribution in [3.63, 3.8) is 0 Å². The normalized spacial score (nSPS) is 12.3. The Morgan fingerprint density at radius 3 is 2.67 bits per heavy atom. The zero-order chi connectivity index (χ0) is 12.8. The molecule has 2 rings (SSSR count). The van der Waals surface area contributed by atoms with E-state index >= 15 is 0 Å². The van der Waals surface area contributed by atoms with Gasteiger partial charge in [-0.2, -0.15) is 0 Å². The summed E-state index contributed by atoms with van der Waals surface area (Å²) in [6, 6.07) is 8.21. The monoisotopic (exact) mass is 262 g/mol. The minimum absolute atomic E-state index is 0.308. The minimum atomic E-state index is 0.308. The van der Waals surface area contributed by atoms with E-state index in [2.05, 4.69) is 17.1 Å². The fourth-order valence-corrected chi connectivity index (χ4v) is 2.64. The van der Waals surface area contributed by atoms with Gasteiger partial charge in [0.25, 0.3) is 0 Å². The molecule has 96 valence electrons. The van der Waals surface area contributed by atoms with Gasteiger partial charge in [0.05, 0.1) is 11.6 Å². The second kappa shape index (κ2) is 6.52. The molecule has 1 aromatic heterocycles. The maximum atomic E-state index is 5.83. The fourth-order valence-electron chi connectivity index (χ4n) is 1.88. The Kier molecular flexibility index (Phi) is 4.73. The molecule has 0 saturated carbocycles. The maximum absolute atomic E-state index is 5.83. The molecule has 0 aliphatic heterocycles. The Hall–Kier alpha value is -1.39. The number of hydrogen-bond donors (Lipinski definition) is 1. The summed E-state index contributed by atoms with van der Waals surface area (Å²) in [6.45, 7) is 3.31. The van der Waals surface area contributed by atoms with Crippen LogP contribution in [0, 0.1) is 0 Å². The first-order valence-electron chi connectivity index (χ1n) is 6.14. The molecule has 2 N–H and O–H groups in total. The molecule has 0 radical (unpaired) electrons. The third-order valence-electron chi connectivity index (χ3n) is 2.80. The summed E-state index contributed by atoms with van der Waals surface area (Å²) >= 11 is 1.67. The second-order valence-corrected chi connectivity index (χ2v) is 5.01. The van der Waals surface area contributed by atoms with Crippen molar-refractivity contribution in [3.05, 3.63) is 46.4 Å². The van der Waals surface area contributed by atoms with Crippen LogP contribution in [-0.2, 0) is 6.42 Å². The Morgan fingerprint density at radius 2 is 2.11 bits per heavy atom. The molecule has 0 spiro atoms. The van der Waals surface area contributed by atoms with Gasteiger partial charge in [-0.15, -0.1) is 11.3 Å². The summed E-state index contributed by atoms with van der Waals surface area (Å²) in [5, 5.41) is 3.11. The first-order chi connectivity index (χ1) is 8.83. The van der Waals surface area contributed by atoms with Crippen molar-refractivity contribution in [2.45, 2.75) is 19.3 Å². The van der Waals surface area contributed by atoms with Gasteiger partial charge in [-0.05, 0) is 31.0 Å². The molecule has 1 aromatic carbocycles. The van der Waals surface area contributed by atoms with E-state index in [0.29, 0.717) is 19.1 Å². The Balaban J connectivity index is 2.03. The van der Waals surface area contributed by atoms with Crippen molar-refractivity contribution in [2.24, 2.45) is 5.73 Å². The molecule has 0 fully saturated rings. The van der Waals surface area contributed by atoms with Gasteiger partial charge in [0, 0.05) is 24.0 Å². The van der Waals surface area contributed by atoms with Crippen LogP contribution >= 0.6 is 11.3 Å². The zero-order valence-electron chi connectivity index (χ0n) is 10.5. The molecule has 2 aromatic rings. The van der Waals surface area contributed by atoms with Gasteiger partial charge in [0.2, 0.25) is 0 Å². The highest BCUT2D eigenvalue weighted by molar-refractivity contribution is 7.09. The van der Waals surface area contributed by atoms with Crippen LogP contribution in [-0.4, -0.2) is 18.1 Å². The summed E-state index contributed by atoms with van der Waals surface area (Å²) in [6.07, 6.45) is 2.76. The molecule has 18 heavy (non-hydrogen) atoms. The van der Waals surface area contributed by atoms with Crippen LogP contribution < -0.4 is 10.5 Å². The molecule has 4 heteroatoms. The number of nitrogens with zero attached hydrogens (tertiary/aromatic N) is 1. The lowest BCUT2D eigenvalue weighted by Crippen LogP contribution is -2.14. The van der Waals surface area contributed by atoms with Gasteiger partial charge in [-0.1, -0.05) is 12.1 Å². The predicted molar refractivity (Wildman–Crippen MR) is 75.2 cm³/mol. The predicted octanol–water partition coefficient (Wildman–Crippen LogP) is 2.83. The fraction of sp³-hybridized carbons (Fsp3) is 0.357. The third-order valence-corrected chi connectivity index (χ3v) is 3.74. The Bertz CT molecular complexity index is 453. The summed E-state index contributed by atoms with van der Waals surface area (Å²) < 4.78 is 5.43. The highest BCUT2D eigenvalue weighted by atomic mass is 32.1. The third kappa shape index (κ3) is 3.31. The molecule has 0 amide bonds. The number of aromatic nitrogens is 1. The van der Waals surface area contributed by atoms with Crippen LogP contribution in [0.1, 0.15) is 23.4 Å². The second-order valence-electron chi connectivity index (χ2n) is 4.08. The van der Waals surface area contributed by atoms with Crippen LogP contribution in [0.25, 0.3) is 0 Å². The van der Waals surface area contributed by atoms with E-state index in [4.69, 9.17) is 10.5 Å². The van der Waals surface area contributed by atoms with Gasteiger partial charge in [-0.3, -0.25) is 0 Å². The average molecular weight is 262 g/mol. The van der Waals surface area contributed by atoms with E-state index in [9.17, 15) is 0 Å². The van der Waals surface area contributed by atoms with E-state index in [0.717, 1.165) is 17.2 Å². The smallest absolute Gasteiger partial charge is 0.119 e. The summed E-state index contributed by atoms with van der Waals surface area (Å²) in [7, 11) is 0. The van der Waals surface area contributed by atoms with Gasteiger partial charge in [0.15, 0.2) is 0 Å². The lowest BCUT2D eigenvalue weighted by atomic mass is 10.00. The van der Waals surface area contributed by atoms with E-state index in [1.807, 2.05) is 30.6 Å². The van der Waals surface area contributed by atoms with Crippen molar-refractivity contribution >= 4 is 11.3 Å². The summed E-state index contributed by atoms with van der Waals surface area (Å²) in [4.78, 5) is 4.34. The molecular formula is C14H18N2OS. The number of hydrogen-bond acceptors (Lipinski definition) is 4. The van der Waals surface area contributed by atoms with Gasteiger partial charge < -0.3 is 10.5 Å². The van der Waals surface area contributed by atoms with Crippen LogP contribution in [0.4, 0.5) is 0 Å². The van der Waals surface area contributed by atoms with Crippen molar-refractivity contribution in [3.8, 4) is 5.75 Å². The zero-order valence-corrected chi connectivity index (χ0v) is 11.3. The van der Waals surface area contributed by atoms with Crippen LogP contribution in [0.15, 0.2) is 35.8 Å². The topological polar surface area (TPSA) is 48.1 Å². The molecule has 0 aliphatic carbocycles. The first-order valence-corrected chi connectivity index (χ1v) is 7.02. The summed E-state index contributed by atoms with van der Waals surface area (Å²) in [5.41, 5.74) is 7.10. The Morgan fingerprint density at radius 1 is 1.33 bits per heavy atom. The standard InChI is InChI=1S/C14H18N2OS/c1-2-17-13-5-3-11(4-6-13)9-12(10-15)14-16-7-8-18-14/h3-8,12H,2,9-10,15H2,1H3. The van der Waals surface area contributed by atoms with Crippen molar-refractivity contribution < 1.29 is 4.74 Å². The molecule has 0 bridgehead atoms. The Labute approximate surface area is 112 Å². The largest absolute Gasteiger partial charge is 0.494 e. The van der Waals surface area contributed by atoms with Crippen LogP contribution in [0.3, 0.4) is 0 Å². The van der Waals surface area contributed by atoms with Gasteiger partial charge in [0.1, 0.15) is 5.75 Å². The van der Waals surface area contributed by atoms with E-state index in [-0.39, 0.29) is 0 Å². The molecule has 1 unspecified atom stereocenters. The molecular weight excluding hydrogens is 244 g/mol. The number of ether oxygens (including phenoxy) is 1. The SMILES string of the molecule is CCOc1ccc(CC(CN)c2nccs2)cc1. The lowest BCUT2D eigenvalue weighted by molar-refractivity contribution is 0.340. The highest BCUT2D eigenvalue weighted by Gasteiger charge is 2.13. The van der Waals surface area contributed by atoms with E-state index in [1.54, 1.807) is 11.3 Å². The molecule has 1 heterocycles. The quantitative estimate of drug-likeness (QED) is 0.871. The molecule has 3 nitrogen and oxygen atoms in total. The van der Waals surface area contributed by atoms with Gasteiger partial charge >= 0.3 is 0 Å². The number of rotatable bonds is 6. The maximum Gasteiger partial charge on any atom is 0.119 e. The first kappa shape index (κ1) is 13.1.